The second-order valence-electron chi connectivity index (χ2n) is 5.95. The van der Waals surface area contributed by atoms with Gasteiger partial charge in [0.2, 0.25) is 5.91 Å². The monoisotopic (exact) mass is 354 g/mol. The molecule has 2 aromatic carbocycles. The quantitative estimate of drug-likeness (QED) is 0.722. The van der Waals surface area contributed by atoms with E-state index >= 15 is 0 Å². The maximum atomic E-state index is 12.8. The fourth-order valence-electron chi connectivity index (χ4n) is 3.15. The lowest BCUT2D eigenvalue weighted by atomic mass is 10.2. The van der Waals surface area contributed by atoms with Gasteiger partial charge in [0.05, 0.1) is 11.2 Å². The van der Waals surface area contributed by atoms with Crippen LogP contribution < -0.4 is 10.7 Å². The first kappa shape index (κ1) is 16.0. The van der Waals surface area contributed by atoms with Crippen LogP contribution in [0.3, 0.4) is 0 Å². The molecule has 1 aliphatic heterocycles. The molecule has 0 spiro atoms. The third-order valence-corrected chi connectivity index (χ3v) is 5.51. The molecule has 0 aliphatic carbocycles. The van der Waals surface area contributed by atoms with Crippen LogP contribution in [0.25, 0.3) is 11.1 Å². The molecule has 5 nitrogen and oxygen atoms in total. The van der Waals surface area contributed by atoms with Crippen molar-refractivity contribution in [1.82, 2.24) is 4.57 Å². The summed E-state index contributed by atoms with van der Waals surface area (Å²) >= 11 is 1.79. The first-order valence-electron chi connectivity index (χ1n) is 8.34. The molecule has 1 aliphatic rings. The molecule has 3 aromatic rings. The number of anilines is 1. The van der Waals surface area contributed by atoms with Crippen molar-refractivity contribution < 1.29 is 9.21 Å². The maximum absolute atomic E-state index is 12.8. The van der Waals surface area contributed by atoms with Gasteiger partial charge in [0, 0.05) is 24.4 Å². The minimum Gasteiger partial charge on any atom is -0.408 e. The number of carbonyl (C=O) groups is 1. The van der Waals surface area contributed by atoms with E-state index in [4.69, 9.17) is 4.42 Å². The van der Waals surface area contributed by atoms with Gasteiger partial charge in [-0.1, -0.05) is 24.3 Å². The lowest BCUT2D eigenvalue weighted by molar-refractivity contribution is -0.118. The number of amides is 1. The lowest BCUT2D eigenvalue weighted by Crippen LogP contribution is -2.33. The second kappa shape index (κ2) is 6.80. The van der Waals surface area contributed by atoms with E-state index in [-0.39, 0.29) is 12.3 Å². The van der Waals surface area contributed by atoms with Crippen LogP contribution in [-0.2, 0) is 11.3 Å². The van der Waals surface area contributed by atoms with E-state index in [1.54, 1.807) is 17.8 Å². The Morgan fingerprint density at radius 2 is 1.92 bits per heavy atom. The first-order valence-corrected chi connectivity index (χ1v) is 9.33. The van der Waals surface area contributed by atoms with Gasteiger partial charge in [0.1, 0.15) is 0 Å². The van der Waals surface area contributed by atoms with Crippen LogP contribution in [0.4, 0.5) is 5.69 Å². The molecule has 0 radical (unpaired) electrons. The zero-order valence-corrected chi connectivity index (χ0v) is 14.5. The number of hydrogen-bond donors (Lipinski definition) is 0. The zero-order chi connectivity index (χ0) is 17.2. The van der Waals surface area contributed by atoms with Gasteiger partial charge < -0.3 is 9.32 Å². The third-order valence-electron chi connectivity index (χ3n) is 4.36. The standard InChI is InChI=1S/C19H18N2O3S/c22-18(20-11-5-13-25-17-9-4-2-7-15(17)20)10-12-21-14-6-1-3-8-16(14)24-19(21)23/h1-4,6-9H,5,10-13H2. The zero-order valence-electron chi connectivity index (χ0n) is 13.7. The van der Waals surface area contributed by atoms with E-state index in [1.807, 2.05) is 41.3 Å². The number of carbonyl (C=O) groups excluding carboxylic acids is 1. The van der Waals surface area contributed by atoms with Crippen LogP contribution in [0.15, 0.2) is 62.6 Å². The molecule has 0 saturated heterocycles. The molecule has 1 amide bonds. The molecule has 0 saturated carbocycles. The van der Waals surface area contributed by atoms with Crippen molar-refractivity contribution in [3.05, 3.63) is 59.1 Å². The van der Waals surface area contributed by atoms with Gasteiger partial charge in [-0.15, -0.1) is 11.8 Å². The van der Waals surface area contributed by atoms with Crippen molar-refractivity contribution in [1.29, 1.82) is 0 Å². The van der Waals surface area contributed by atoms with Crippen molar-refractivity contribution in [3.8, 4) is 0 Å². The highest BCUT2D eigenvalue weighted by Gasteiger charge is 2.21. The summed E-state index contributed by atoms with van der Waals surface area (Å²) in [6.45, 7) is 1.03. The topological polar surface area (TPSA) is 55.5 Å². The van der Waals surface area contributed by atoms with E-state index < -0.39 is 5.76 Å². The molecule has 1 aromatic heterocycles. The summed E-state index contributed by atoms with van der Waals surface area (Å²) in [5, 5.41) is 0. The molecule has 0 atom stereocenters. The highest BCUT2D eigenvalue weighted by Crippen LogP contribution is 2.33. The van der Waals surface area contributed by atoms with Crippen molar-refractivity contribution in [2.24, 2.45) is 0 Å². The van der Waals surface area contributed by atoms with E-state index in [9.17, 15) is 9.59 Å². The SMILES string of the molecule is O=C(CCn1c(=O)oc2ccccc21)N1CCCSc2ccccc21. The van der Waals surface area contributed by atoms with E-state index in [0.29, 0.717) is 18.7 Å². The Morgan fingerprint density at radius 3 is 2.84 bits per heavy atom. The summed E-state index contributed by atoms with van der Waals surface area (Å²) < 4.78 is 6.77. The predicted molar refractivity (Wildman–Crippen MR) is 99.2 cm³/mol. The Kier molecular flexibility index (Phi) is 4.36. The summed E-state index contributed by atoms with van der Waals surface area (Å²) in [6.07, 6.45) is 1.22. The fourth-order valence-corrected chi connectivity index (χ4v) is 4.15. The van der Waals surface area contributed by atoms with Crippen LogP contribution in [0, 0.1) is 0 Å². The molecule has 6 heteroatoms. The number of fused-ring (bicyclic) bond motifs is 2. The molecule has 0 fully saturated rings. The Hall–Kier alpha value is -2.47. The third kappa shape index (κ3) is 3.09. The van der Waals surface area contributed by atoms with Crippen LogP contribution in [0.5, 0.6) is 0 Å². The smallest absolute Gasteiger partial charge is 0.408 e. The van der Waals surface area contributed by atoms with Gasteiger partial charge in [-0.2, -0.15) is 0 Å². The average molecular weight is 354 g/mol. The Balaban J connectivity index is 1.56. The van der Waals surface area contributed by atoms with Crippen LogP contribution in [0.2, 0.25) is 0 Å². The highest BCUT2D eigenvalue weighted by atomic mass is 32.2. The van der Waals surface area contributed by atoms with Crippen LogP contribution >= 0.6 is 11.8 Å². The fraction of sp³-hybridized carbons (Fsp3) is 0.263. The molecule has 0 unspecified atom stereocenters. The number of aromatic nitrogens is 1. The van der Waals surface area contributed by atoms with E-state index in [0.717, 1.165) is 28.3 Å². The first-order chi connectivity index (χ1) is 12.2. The number of thioether (sulfide) groups is 1. The number of rotatable bonds is 3. The van der Waals surface area contributed by atoms with Gasteiger partial charge in [0.15, 0.2) is 5.58 Å². The molecular formula is C19H18N2O3S. The average Bonchev–Trinajstić information content (AvgIpc) is 2.80. The summed E-state index contributed by atoms with van der Waals surface area (Å²) in [4.78, 5) is 27.9. The Labute approximate surface area is 149 Å². The van der Waals surface area contributed by atoms with Crippen molar-refractivity contribution in [2.75, 3.05) is 17.2 Å². The number of hydrogen-bond acceptors (Lipinski definition) is 4. The number of aryl methyl sites for hydroxylation is 1. The van der Waals surface area contributed by atoms with Crippen molar-refractivity contribution >= 4 is 34.5 Å². The lowest BCUT2D eigenvalue weighted by Gasteiger charge is -2.22. The molecule has 25 heavy (non-hydrogen) atoms. The Morgan fingerprint density at radius 1 is 1.12 bits per heavy atom. The van der Waals surface area contributed by atoms with Crippen molar-refractivity contribution in [3.63, 3.8) is 0 Å². The van der Waals surface area contributed by atoms with Gasteiger partial charge in [-0.3, -0.25) is 9.36 Å². The number of nitrogens with zero attached hydrogens (tertiary/aromatic N) is 2. The van der Waals surface area contributed by atoms with Gasteiger partial charge in [-0.05, 0) is 36.4 Å². The van der Waals surface area contributed by atoms with Crippen molar-refractivity contribution in [2.45, 2.75) is 24.3 Å². The molecule has 0 bridgehead atoms. The maximum Gasteiger partial charge on any atom is 0.419 e. The molecule has 4 rings (SSSR count). The van der Waals surface area contributed by atoms with E-state index in [1.165, 1.54) is 4.57 Å². The van der Waals surface area contributed by atoms with Gasteiger partial charge in [-0.25, -0.2) is 4.79 Å². The number of para-hydroxylation sites is 3. The van der Waals surface area contributed by atoms with Gasteiger partial charge in [0.25, 0.3) is 0 Å². The normalized spacial score (nSPS) is 14.3. The van der Waals surface area contributed by atoms with Crippen LogP contribution in [-0.4, -0.2) is 22.8 Å². The summed E-state index contributed by atoms with van der Waals surface area (Å²) in [5.41, 5.74) is 2.25. The van der Waals surface area contributed by atoms with Crippen LogP contribution in [0.1, 0.15) is 12.8 Å². The van der Waals surface area contributed by atoms with E-state index in [2.05, 4.69) is 6.07 Å². The summed E-state index contributed by atoms with van der Waals surface area (Å²) in [7, 11) is 0. The molecule has 128 valence electrons. The minimum absolute atomic E-state index is 0.0344. The summed E-state index contributed by atoms with van der Waals surface area (Å²) in [5.74, 6) is 0.625. The van der Waals surface area contributed by atoms with Gasteiger partial charge >= 0.3 is 5.76 Å². The number of oxazole rings is 1. The molecule has 0 N–H and O–H groups in total. The minimum atomic E-state index is -0.416. The predicted octanol–water partition coefficient (Wildman–Crippen LogP) is 3.51. The molecular weight excluding hydrogens is 336 g/mol. The second-order valence-corrected chi connectivity index (χ2v) is 7.09. The highest BCUT2D eigenvalue weighted by molar-refractivity contribution is 7.99. The largest absolute Gasteiger partial charge is 0.419 e. The molecule has 2 heterocycles. The Bertz CT molecular complexity index is 976. The number of benzene rings is 2. The summed E-state index contributed by atoms with van der Waals surface area (Å²) in [6, 6.07) is 15.3.